The first-order valence-electron chi connectivity index (χ1n) is 7.93. The topological polar surface area (TPSA) is 70.5 Å². The van der Waals surface area contributed by atoms with Crippen LogP contribution in [0.3, 0.4) is 0 Å². The molecule has 1 aromatic rings. The monoisotopic (exact) mass is 344 g/mol. The molecule has 128 valence electrons. The number of aliphatic hydroxyl groups is 1. The van der Waals surface area contributed by atoms with Crippen molar-refractivity contribution in [3.63, 3.8) is 0 Å². The second-order valence-electron chi connectivity index (χ2n) is 6.60. The van der Waals surface area contributed by atoms with Crippen LogP contribution in [0.2, 0.25) is 5.15 Å². The van der Waals surface area contributed by atoms with E-state index in [1.807, 2.05) is 11.8 Å². The van der Waals surface area contributed by atoms with Gasteiger partial charge in [0.05, 0.1) is 5.60 Å². The zero-order chi connectivity index (χ0) is 16.4. The highest BCUT2D eigenvalue weighted by Crippen LogP contribution is 2.27. The van der Waals surface area contributed by atoms with Crippen molar-refractivity contribution in [2.24, 2.45) is 0 Å². The Morgan fingerprint density at radius 2 is 2.39 bits per heavy atom. The highest BCUT2D eigenvalue weighted by Gasteiger charge is 2.30. The van der Waals surface area contributed by atoms with Crippen molar-refractivity contribution in [1.29, 1.82) is 0 Å². The first kappa shape index (κ1) is 16.7. The van der Waals surface area contributed by atoms with Crippen molar-refractivity contribution in [2.45, 2.75) is 44.0 Å². The number of β-amino-alcohol motifs (C(OH)–C–C–N with tert-alkyl or cyclic N) is 1. The molecule has 8 heteroatoms. The molecule has 2 aliphatic rings. The molecule has 3 rings (SSSR count). The van der Waals surface area contributed by atoms with Crippen LogP contribution in [0.1, 0.15) is 26.2 Å². The molecule has 3 heterocycles. The van der Waals surface area contributed by atoms with E-state index >= 15 is 0 Å². The second kappa shape index (κ2) is 6.75. The third-order valence-electron chi connectivity index (χ3n) is 4.24. The number of piperidine rings is 1. The molecule has 2 saturated heterocycles. The molecule has 0 saturated carbocycles. The zero-order valence-corrected chi connectivity index (χ0v) is 13.9. The number of aromatic nitrogens is 2. The van der Waals surface area contributed by atoms with Gasteiger partial charge in [0.2, 0.25) is 0 Å². The minimum atomic E-state index is -0.824. The summed E-state index contributed by atoms with van der Waals surface area (Å²) in [5, 5.41) is 13.6. The average molecular weight is 345 g/mol. The fourth-order valence-electron chi connectivity index (χ4n) is 3.10. The highest BCUT2D eigenvalue weighted by molar-refractivity contribution is 6.29. The van der Waals surface area contributed by atoms with Gasteiger partial charge in [-0.05, 0) is 26.2 Å². The normalized spacial score (nSPS) is 31.4. The smallest absolute Gasteiger partial charge is 0.319 e. The van der Waals surface area contributed by atoms with Crippen LogP contribution < -0.4 is 15.0 Å². The number of alkyl halides is 1. The molecule has 0 radical (unpaired) electrons. The standard InChI is InChI=1S/C15H22ClFN4O2/c1-15(22)3-2-4-21(9-15)13-6-12(16)19-14(20-13)23-8-11-5-10(17)7-18-11/h6,10-11,18,22H,2-5,7-9H2,1H3/t10-,11+,15-/m1/s1. The number of ether oxygens (including phenoxy) is 1. The maximum Gasteiger partial charge on any atom is 0.319 e. The predicted molar refractivity (Wildman–Crippen MR) is 85.9 cm³/mol. The van der Waals surface area contributed by atoms with Crippen LogP contribution in [0, 0.1) is 0 Å². The lowest BCUT2D eigenvalue weighted by Crippen LogP contribution is -2.46. The molecule has 0 amide bonds. The van der Waals surface area contributed by atoms with Gasteiger partial charge in [-0.15, -0.1) is 0 Å². The van der Waals surface area contributed by atoms with Crippen molar-refractivity contribution >= 4 is 17.4 Å². The van der Waals surface area contributed by atoms with E-state index in [4.69, 9.17) is 16.3 Å². The van der Waals surface area contributed by atoms with Gasteiger partial charge in [-0.3, -0.25) is 0 Å². The van der Waals surface area contributed by atoms with Crippen molar-refractivity contribution in [3.05, 3.63) is 11.2 Å². The maximum absolute atomic E-state index is 13.1. The van der Waals surface area contributed by atoms with E-state index in [0.717, 1.165) is 19.4 Å². The largest absolute Gasteiger partial charge is 0.462 e. The lowest BCUT2D eigenvalue weighted by Gasteiger charge is -2.37. The Balaban J connectivity index is 1.66. The Kier molecular flexibility index (Phi) is 4.89. The minimum Gasteiger partial charge on any atom is -0.462 e. The third-order valence-corrected chi connectivity index (χ3v) is 4.44. The molecule has 0 spiro atoms. The lowest BCUT2D eigenvalue weighted by molar-refractivity contribution is 0.0446. The molecule has 2 fully saturated rings. The van der Waals surface area contributed by atoms with Crippen LogP contribution in [-0.2, 0) is 0 Å². The van der Waals surface area contributed by atoms with E-state index in [0.29, 0.717) is 31.9 Å². The Morgan fingerprint density at radius 1 is 1.57 bits per heavy atom. The maximum atomic E-state index is 13.1. The van der Waals surface area contributed by atoms with Crippen molar-refractivity contribution in [2.75, 3.05) is 31.1 Å². The molecule has 0 unspecified atom stereocenters. The average Bonchev–Trinajstić information content (AvgIpc) is 2.89. The molecular weight excluding hydrogens is 323 g/mol. The van der Waals surface area contributed by atoms with Gasteiger partial charge in [-0.2, -0.15) is 9.97 Å². The molecule has 1 aromatic heterocycles. The Bertz CT molecular complexity index is 560. The zero-order valence-electron chi connectivity index (χ0n) is 13.1. The van der Waals surface area contributed by atoms with Gasteiger partial charge in [0, 0.05) is 31.7 Å². The predicted octanol–water partition coefficient (Wildman–Crippen LogP) is 1.56. The summed E-state index contributed by atoms with van der Waals surface area (Å²) in [6.07, 6.45) is 1.26. The summed E-state index contributed by atoms with van der Waals surface area (Å²) in [5.41, 5.74) is -0.736. The number of halogens is 2. The van der Waals surface area contributed by atoms with Crippen LogP contribution in [0.5, 0.6) is 6.01 Å². The lowest BCUT2D eigenvalue weighted by atomic mass is 9.95. The van der Waals surface area contributed by atoms with Crippen LogP contribution in [-0.4, -0.2) is 59.1 Å². The molecule has 2 aliphatic heterocycles. The summed E-state index contributed by atoms with van der Waals surface area (Å²) in [5.74, 6) is 0.641. The van der Waals surface area contributed by atoms with E-state index < -0.39 is 11.8 Å². The SMILES string of the molecule is C[C@@]1(O)CCCN(c2cc(Cl)nc(OC[C@@H]3C[C@@H](F)CN3)n2)C1. The fourth-order valence-corrected chi connectivity index (χ4v) is 3.27. The van der Waals surface area contributed by atoms with Gasteiger partial charge >= 0.3 is 6.01 Å². The van der Waals surface area contributed by atoms with Crippen LogP contribution in [0.4, 0.5) is 10.2 Å². The van der Waals surface area contributed by atoms with E-state index in [-0.39, 0.29) is 17.2 Å². The molecule has 0 aromatic carbocycles. The number of rotatable bonds is 4. The van der Waals surface area contributed by atoms with Crippen LogP contribution >= 0.6 is 11.6 Å². The highest BCUT2D eigenvalue weighted by atomic mass is 35.5. The van der Waals surface area contributed by atoms with E-state index in [1.54, 1.807) is 6.07 Å². The van der Waals surface area contributed by atoms with Gasteiger partial charge in [0.15, 0.2) is 0 Å². The molecule has 3 atom stereocenters. The van der Waals surface area contributed by atoms with Crippen molar-refractivity contribution in [1.82, 2.24) is 15.3 Å². The summed E-state index contributed by atoms with van der Waals surface area (Å²) >= 11 is 6.06. The quantitative estimate of drug-likeness (QED) is 0.808. The first-order chi connectivity index (χ1) is 10.9. The van der Waals surface area contributed by atoms with Gasteiger partial charge in [-0.1, -0.05) is 11.6 Å². The van der Waals surface area contributed by atoms with E-state index in [1.165, 1.54) is 0 Å². The Labute approximate surface area is 140 Å². The number of nitrogens with one attached hydrogen (secondary N) is 1. The first-order valence-corrected chi connectivity index (χ1v) is 8.31. The summed E-state index contributed by atoms with van der Waals surface area (Å²) in [4.78, 5) is 10.4. The number of nitrogens with zero attached hydrogens (tertiary/aromatic N) is 3. The van der Waals surface area contributed by atoms with Gasteiger partial charge in [0.25, 0.3) is 0 Å². The number of anilines is 1. The molecule has 0 bridgehead atoms. The fraction of sp³-hybridized carbons (Fsp3) is 0.733. The summed E-state index contributed by atoms with van der Waals surface area (Å²) in [6.45, 7) is 3.78. The van der Waals surface area contributed by atoms with E-state index in [9.17, 15) is 9.50 Å². The molecular formula is C15H22ClFN4O2. The third kappa shape index (κ3) is 4.43. The van der Waals surface area contributed by atoms with Gasteiger partial charge < -0.3 is 20.1 Å². The molecule has 0 aliphatic carbocycles. The summed E-state index contributed by atoms with van der Waals surface area (Å²) < 4.78 is 18.7. The van der Waals surface area contributed by atoms with Crippen molar-refractivity contribution in [3.8, 4) is 6.01 Å². The second-order valence-corrected chi connectivity index (χ2v) is 6.99. The van der Waals surface area contributed by atoms with Crippen LogP contribution in [0.15, 0.2) is 6.07 Å². The molecule has 2 N–H and O–H groups in total. The number of hydrogen-bond acceptors (Lipinski definition) is 6. The number of hydrogen-bond donors (Lipinski definition) is 2. The Hall–Kier alpha value is -1.18. The van der Waals surface area contributed by atoms with Gasteiger partial charge in [0.1, 0.15) is 23.7 Å². The summed E-state index contributed by atoms with van der Waals surface area (Å²) in [7, 11) is 0. The summed E-state index contributed by atoms with van der Waals surface area (Å²) in [6, 6.07) is 1.81. The minimum absolute atomic E-state index is 0.0354. The Morgan fingerprint density at radius 3 is 3.09 bits per heavy atom. The van der Waals surface area contributed by atoms with Gasteiger partial charge in [-0.25, -0.2) is 4.39 Å². The van der Waals surface area contributed by atoms with Crippen LogP contribution in [0.25, 0.3) is 0 Å². The van der Waals surface area contributed by atoms with Crippen molar-refractivity contribution < 1.29 is 14.2 Å². The molecule has 23 heavy (non-hydrogen) atoms. The molecule has 6 nitrogen and oxygen atoms in total. The van der Waals surface area contributed by atoms with E-state index in [2.05, 4.69) is 15.3 Å².